The molecule has 4 heteroatoms. The van der Waals surface area contributed by atoms with Gasteiger partial charge in [0.2, 0.25) is 0 Å². The summed E-state index contributed by atoms with van der Waals surface area (Å²) in [5.41, 5.74) is 1.80. The Kier molecular flexibility index (Phi) is 2.79. The fourth-order valence-corrected chi connectivity index (χ4v) is 3.66. The van der Waals surface area contributed by atoms with E-state index in [2.05, 4.69) is 0 Å². The van der Waals surface area contributed by atoms with Crippen molar-refractivity contribution in [2.45, 2.75) is 19.8 Å². The summed E-state index contributed by atoms with van der Waals surface area (Å²) >= 11 is 0. The molecule has 2 aromatic carbocycles. The van der Waals surface area contributed by atoms with Crippen LogP contribution in [0.3, 0.4) is 0 Å². The molecule has 1 atom stereocenters. The fourth-order valence-electron chi connectivity index (χ4n) is 3.66. The van der Waals surface area contributed by atoms with Crippen LogP contribution in [-0.2, 0) is 6.42 Å². The number of phenols is 1. The van der Waals surface area contributed by atoms with Gasteiger partial charge in [0.1, 0.15) is 5.75 Å². The minimum Gasteiger partial charge on any atom is -0.507 e. The van der Waals surface area contributed by atoms with Gasteiger partial charge in [0, 0.05) is 28.7 Å². The molecule has 0 aromatic heterocycles. The van der Waals surface area contributed by atoms with E-state index in [9.17, 15) is 19.5 Å². The van der Waals surface area contributed by atoms with Crippen LogP contribution < -0.4 is 0 Å². The lowest BCUT2D eigenvalue weighted by atomic mass is 9.74. The van der Waals surface area contributed by atoms with Crippen LogP contribution in [-0.4, -0.2) is 22.5 Å². The van der Waals surface area contributed by atoms with Crippen LogP contribution in [0, 0.1) is 5.92 Å². The van der Waals surface area contributed by atoms with E-state index in [1.165, 1.54) is 18.2 Å². The van der Waals surface area contributed by atoms with E-state index >= 15 is 0 Å². The molecule has 0 spiro atoms. The minimum atomic E-state index is -0.438. The van der Waals surface area contributed by atoms with E-state index in [1.54, 1.807) is 12.1 Å². The van der Waals surface area contributed by atoms with Crippen molar-refractivity contribution in [3.8, 4) is 5.75 Å². The quantitative estimate of drug-likeness (QED) is 0.693. The molecule has 2 aliphatic carbocycles. The molecule has 0 heterocycles. The van der Waals surface area contributed by atoms with Gasteiger partial charge in [0.25, 0.3) is 0 Å². The number of carbonyl (C=O) groups excluding carboxylic acids is 3. The second-order valence-corrected chi connectivity index (χ2v) is 6.32. The average Bonchev–Trinajstić information content (AvgIpc) is 2.51. The molecule has 0 radical (unpaired) electrons. The van der Waals surface area contributed by atoms with Gasteiger partial charge in [-0.2, -0.15) is 0 Å². The molecule has 2 aliphatic rings. The molecule has 23 heavy (non-hydrogen) atoms. The first-order chi connectivity index (χ1) is 11.0. The molecule has 0 aliphatic heterocycles. The van der Waals surface area contributed by atoms with Gasteiger partial charge in [-0.3, -0.25) is 14.4 Å². The van der Waals surface area contributed by atoms with Crippen LogP contribution in [0.2, 0.25) is 0 Å². The van der Waals surface area contributed by atoms with Crippen LogP contribution in [0.25, 0.3) is 0 Å². The van der Waals surface area contributed by atoms with Crippen LogP contribution in [0.5, 0.6) is 5.75 Å². The van der Waals surface area contributed by atoms with E-state index in [4.69, 9.17) is 0 Å². The van der Waals surface area contributed by atoms with Crippen molar-refractivity contribution in [3.63, 3.8) is 0 Å². The van der Waals surface area contributed by atoms with E-state index in [0.717, 1.165) is 5.56 Å². The number of fused-ring (bicyclic) bond motifs is 4. The maximum atomic E-state index is 12.9. The number of carbonyl (C=O) groups is 3. The van der Waals surface area contributed by atoms with Gasteiger partial charge < -0.3 is 5.11 Å². The predicted octanol–water partition coefficient (Wildman–Crippen LogP) is 2.93. The highest BCUT2D eigenvalue weighted by atomic mass is 16.3. The zero-order valence-electron chi connectivity index (χ0n) is 12.6. The standard InChI is InChI=1S/C19H14O4/c1-9-7-10-5-6-12-17(15(10)14(21)8-9)19(23)16-11(18(12)22)3-2-4-13(16)20/h2-6,9,20H,7-8H2,1H3/t9-/m1/s1. The normalized spacial score (nSPS) is 19.2. The summed E-state index contributed by atoms with van der Waals surface area (Å²) in [5.74, 6) is -0.855. The third kappa shape index (κ3) is 1.81. The van der Waals surface area contributed by atoms with Gasteiger partial charge >= 0.3 is 0 Å². The van der Waals surface area contributed by atoms with Crippen molar-refractivity contribution in [1.29, 1.82) is 0 Å². The topological polar surface area (TPSA) is 71.4 Å². The van der Waals surface area contributed by atoms with Gasteiger partial charge in [-0.1, -0.05) is 25.1 Å². The lowest BCUT2D eigenvalue weighted by Crippen LogP contribution is -2.28. The average molecular weight is 306 g/mol. The van der Waals surface area contributed by atoms with E-state index in [0.29, 0.717) is 18.4 Å². The Morgan fingerprint density at radius 1 is 0.870 bits per heavy atom. The number of hydrogen-bond donors (Lipinski definition) is 1. The first-order valence-electron chi connectivity index (χ1n) is 7.59. The van der Waals surface area contributed by atoms with Gasteiger partial charge in [0.05, 0.1) is 5.56 Å². The second-order valence-electron chi connectivity index (χ2n) is 6.32. The number of phenolic OH excluding ortho intramolecular Hbond substituents is 1. The molecule has 114 valence electrons. The van der Waals surface area contributed by atoms with Crippen LogP contribution in [0.4, 0.5) is 0 Å². The van der Waals surface area contributed by atoms with Gasteiger partial charge in [-0.05, 0) is 30.0 Å². The largest absolute Gasteiger partial charge is 0.507 e. The molecule has 2 aromatic rings. The number of benzene rings is 2. The Hall–Kier alpha value is -2.75. The molecular weight excluding hydrogens is 292 g/mol. The number of aromatic hydroxyl groups is 1. The van der Waals surface area contributed by atoms with Crippen LogP contribution in [0.15, 0.2) is 30.3 Å². The number of Topliss-reactive ketones (excluding diaryl/α,β-unsaturated/α-hetero) is 1. The van der Waals surface area contributed by atoms with Crippen molar-refractivity contribution in [2.24, 2.45) is 5.92 Å². The maximum Gasteiger partial charge on any atom is 0.198 e. The summed E-state index contributed by atoms with van der Waals surface area (Å²) in [7, 11) is 0. The van der Waals surface area contributed by atoms with Crippen LogP contribution in [0.1, 0.15) is 61.1 Å². The van der Waals surface area contributed by atoms with E-state index in [-0.39, 0.29) is 45.5 Å². The highest BCUT2D eigenvalue weighted by molar-refractivity contribution is 6.32. The molecule has 4 nitrogen and oxygen atoms in total. The summed E-state index contributed by atoms with van der Waals surface area (Å²) in [6, 6.07) is 7.86. The van der Waals surface area contributed by atoms with Gasteiger partial charge in [-0.25, -0.2) is 0 Å². The molecule has 0 bridgehead atoms. The summed E-state index contributed by atoms with van der Waals surface area (Å²) < 4.78 is 0. The Labute approximate surface area is 132 Å². The Morgan fingerprint density at radius 3 is 2.39 bits per heavy atom. The predicted molar refractivity (Wildman–Crippen MR) is 83.2 cm³/mol. The zero-order chi connectivity index (χ0) is 16.3. The summed E-state index contributed by atoms with van der Waals surface area (Å²) in [6.07, 6.45) is 1.09. The van der Waals surface area contributed by atoms with Crippen molar-refractivity contribution >= 4 is 17.3 Å². The molecule has 0 saturated carbocycles. The SMILES string of the molecule is C[C@H]1CC(=O)c2c(ccc3c2C(=O)c2c(O)cccc2C3=O)C1. The highest BCUT2D eigenvalue weighted by Gasteiger charge is 2.37. The van der Waals surface area contributed by atoms with Crippen molar-refractivity contribution in [2.75, 3.05) is 0 Å². The molecule has 0 unspecified atom stereocenters. The summed E-state index contributed by atoms with van der Waals surface area (Å²) in [5, 5.41) is 10.0. The first kappa shape index (κ1) is 13.9. The van der Waals surface area contributed by atoms with E-state index in [1.807, 2.05) is 6.92 Å². The molecule has 0 saturated heterocycles. The fraction of sp³-hybridized carbons (Fsp3) is 0.211. The van der Waals surface area contributed by atoms with Gasteiger partial charge in [0.15, 0.2) is 17.3 Å². The van der Waals surface area contributed by atoms with Crippen molar-refractivity contribution < 1.29 is 19.5 Å². The second kappa shape index (κ2) is 4.62. The Balaban J connectivity index is 2.04. The lowest BCUT2D eigenvalue weighted by Gasteiger charge is -2.26. The number of hydrogen-bond acceptors (Lipinski definition) is 4. The van der Waals surface area contributed by atoms with Crippen molar-refractivity contribution in [3.05, 3.63) is 63.7 Å². The monoisotopic (exact) mass is 306 g/mol. The third-order valence-electron chi connectivity index (χ3n) is 4.66. The zero-order valence-corrected chi connectivity index (χ0v) is 12.6. The molecule has 0 amide bonds. The maximum absolute atomic E-state index is 12.9. The Morgan fingerprint density at radius 2 is 1.61 bits per heavy atom. The highest BCUT2D eigenvalue weighted by Crippen LogP contribution is 2.37. The van der Waals surface area contributed by atoms with Gasteiger partial charge in [-0.15, -0.1) is 0 Å². The molecule has 1 N–H and O–H groups in total. The first-order valence-corrected chi connectivity index (χ1v) is 7.59. The van der Waals surface area contributed by atoms with Crippen LogP contribution >= 0.6 is 0 Å². The number of rotatable bonds is 0. The molecular formula is C19H14O4. The minimum absolute atomic E-state index is 0.00446. The third-order valence-corrected chi connectivity index (χ3v) is 4.66. The van der Waals surface area contributed by atoms with E-state index < -0.39 is 5.78 Å². The Bertz CT molecular complexity index is 908. The number of ketones is 3. The van der Waals surface area contributed by atoms with Crippen molar-refractivity contribution in [1.82, 2.24) is 0 Å². The summed E-state index contributed by atoms with van der Waals surface area (Å²) in [6.45, 7) is 1.99. The lowest BCUT2D eigenvalue weighted by molar-refractivity contribution is 0.0934. The smallest absolute Gasteiger partial charge is 0.198 e. The molecule has 0 fully saturated rings. The summed E-state index contributed by atoms with van der Waals surface area (Å²) in [4.78, 5) is 38.1. The molecule has 4 rings (SSSR count).